The zero-order valence-electron chi connectivity index (χ0n) is 16.3. The van der Waals surface area contributed by atoms with Crippen molar-refractivity contribution >= 4 is 39.6 Å². The minimum Gasteiger partial charge on any atom is -0.486 e. The molecule has 2 aromatic heterocycles. The molecule has 1 aromatic carbocycles. The quantitative estimate of drug-likeness (QED) is 0.513. The van der Waals surface area contributed by atoms with E-state index in [1.54, 1.807) is 29.6 Å². The number of carbonyl (C=O) groups excluding carboxylic acids is 2. The number of fused-ring (bicyclic) bond motifs is 1. The molecule has 5 nitrogen and oxygen atoms in total. The second-order valence-corrected chi connectivity index (χ2v) is 8.92. The molecule has 1 aliphatic carbocycles. The number of aryl methyl sites for hydroxylation is 1. The van der Waals surface area contributed by atoms with Crippen LogP contribution in [0.2, 0.25) is 0 Å². The minimum absolute atomic E-state index is 0.158. The molecular weight excluding hydrogens is 425 g/mol. The van der Waals surface area contributed by atoms with Crippen molar-refractivity contribution in [2.75, 3.05) is 12.4 Å². The Hall–Kier alpha value is -2.71. The largest absolute Gasteiger partial charge is 0.486 e. The fourth-order valence-corrected chi connectivity index (χ4v) is 5.49. The van der Waals surface area contributed by atoms with Crippen LogP contribution >= 0.6 is 22.7 Å². The standard InChI is InChI=1S/C22H20FNO4S2/c1-27-22(26)19-14-6-2-5-9-17(14)30-21(19)24-20(25)18-10-13(12-29-18)11-28-16-8-4-3-7-15(16)23/h3-4,7-8,10,12H,2,5-6,9,11H2,1H3,(H,24,25). The molecule has 0 fully saturated rings. The lowest BCUT2D eigenvalue weighted by Gasteiger charge is -2.11. The third-order valence-electron chi connectivity index (χ3n) is 4.90. The van der Waals surface area contributed by atoms with Crippen LogP contribution in [-0.4, -0.2) is 19.0 Å². The van der Waals surface area contributed by atoms with Crippen LogP contribution in [0.4, 0.5) is 9.39 Å². The number of methoxy groups -OCH3 is 1. The van der Waals surface area contributed by atoms with Crippen molar-refractivity contribution < 1.29 is 23.5 Å². The molecule has 0 atom stereocenters. The highest BCUT2D eigenvalue weighted by Crippen LogP contribution is 2.39. The first kappa shape index (κ1) is 20.6. The van der Waals surface area contributed by atoms with E-state index in [-0.39, 0.29) is 18.3 Å². The maximum absolute atomic E-state index is 13.7. The third-order valence-corrected chi connectivity index (χ3v) is 7.08. The molecule has 1 amide bonds. The number of halogens is 1. The number of hydrogen-bond acceptors (Lipinski definition) is 6. The van der Waals surface area contributed by atoms with Crippen LogP contribution in [0.5, 0.6) is 5.75 Å². The van der Waals surface area contributed by atoms with Gasteiger partial charge in [0, 0.05) is 10.4 Å². The number of hydrogen-bond donors (Lipinski definition) is 1. The van der Waals surface area contributed by atoms with Crippen LogP contribution < -0.4 is 10.1 Å². The van der Waals surface area contributed by atoms with Gasteiger partial charge in [0.1, 0.15) is 11.6 Å². The van der Waals surface area contributed by atoms with Gasteiger partial charge in [-0.05, 0) is 54.8 Å². The van der Waals surface area contributed by atoms with Gasteiger partial charge in [-0.3, -0.25) is 4.79 Å². The van der Waals surface area contributed by atoms with E-state index in [1.165, 1.54) is 35.8 Å². The molecule has 0 bridgehead atoms. The first-order valence-electron chi connectivity index (χ1n) is 9.55. The molecule has 0 spiro atoms. The molecule has 2 heterocycles. The molecule has 0 saturated heterocycles. The number of esters is 1. The van der Waals surface area contributed by atoms with Crippen molar-refractivity contribution in [1.29, 1.82) is 0 Å². The summed E-state index contributed by atoms with van der Waals surface area (Å²) in [7, 11) is 1.35. The molecule has 0 aliphatic heterocycles. The minimum atomic E-state index is -0.428. The van der Waals surface area contributed by atoms with Crippen LogP contribution in [0.15, 0.2) is 35.7 Å². The molecule has 156 valence electrons. The van der Waals surface area contributed by atoms with E-state index in [0.717, 1.165) is 41.7 Å². The molecule has 3 aromatic rings. The summed E-state index contributed by atoms with van der Waals surface area (Å²) >= 11 is 2.72. The Kier molecular flexibility index (Phi) is 6.15. The molecule has 4 rings (SSSR count). The van der Waals surface area contributed by atoms with E-state index in [0.29, 0.717) is 15.4 Å². The van der Waals surface area contributed by atoms with Crippen molar-refractivity contribution in [1.82, 2.24) is 0 Å². The van der Waals surface area contributed by atoms with Crippen LogP contribution in [0, 0.1) is 5.82 Å². The fraction of sp³-hybridized carbons (Fsp3) is 0.273. The number of carbonyl (C=O) groups is 2. The SMILES string of the molecule is COC(=O)c1c(NC(=O)c2cc(COc3ccccc3F)cs2)sc2c1CCCC2. The molecule has 1 aliphatic rings. The van der Waals surface area contributed by atoms with E-state index in [9.17, 15) is 14.0 Å². The number of thiophene rings is 2. The van der Waals surface area contributed by atoms with Crippen LogP contribution in [-0.2, 0) is 24.2 Å². The topological polar surface area (TPSA) is 64.6 Å². The third kappa shape index (κ3) is 4.24. The molecule has 0 saturated carbocycles. The summed E-state index contributed by atoms with van der Waals surface area (Å²) in [6.07, 6.45) is 3.84. The molecule has 30 heavy (non-hydrogen) atoms. The van der Waals surface area contributed by atoms with Gasteiger partial charge in [0.2, 0.25) is 0 Å². The van der Waals surface area contributed by atoms with Gasteiger partial charge in [-0.25, -0.2) is 9.18 Å². The zero-order chi connectivity index (χ0) is 21.1. The van der Waals surface area contributed by atoms with Crippen LogP contribution in [0.25, 0.3) is 0 Å². The van der Waals surface area contributed by atoms with Crippen molar-refractivity contribution in [3.63, 3.8) is 0 Å². The Bertz CT molecular complexity index is 1090. The van der Waals surface area contributed by atoms with Crippen molar-refractivity contribution in [3.05, 3.63) is 68.0 Å². The molecule has 8 heteroatoms. The number of benzene rings is 1. The molecule has 0 unspecified atom stereocenters. The van der Waals surface area contributed by atoms with E-state index in [2.05, 4.69) is 5.32 Å². The fourth-order valence-electron chi connectivity index (χ4n) is 3.43. The number of para-hydroxylation sites is 1. The Morgan fingerprint density at radius 3 is 2.80 bits per heavy atom. The summed E-state index contributed by atoms with van der Waals surface area (Å²) in [5.74, 6) is -0.972. The average molecular weight is 446 g/mol. The predicted molar refractivity (Wildman–Crippen MR) is 115 cm³/mol. The van der Waals surface area contributed by atoms with Crippen molar-refractivity contribution in [2.45, 2.75) is 32.3 Å². The van der Waals surface area contributed by atoms with E-state index < -0.39 is 11.8 Å². The van der Waals surface area contributed by atoms with Gasteiger partial charge in [-0.1, -0.05) is 12.1 Å². The molecular formula is C22H20FNO4S2. The number of amides is 1. The van der Waals surface area contributed by atoms with Crippen LogP contribution in [0.3, 0.4) is 0 Å². The van der Waals surface area contributed by atoms with Gasteiger partial charge in [0.15, 0.2) is 11.6 Å². The summed E-state index contributed by atoms with van der Waals surface area (Å²) in [5, 5.41) is 5.22. The van der Waals surface area contributed by atoms with Gasteiger partial charge in [-0.15, -0.1) is 22.7 Å². The number of rotatable bonds is 6. The lowest BCUT2D eigenvalue weighted by molar-refractivity contribution is 0.0601. The zero-order valence-corrected chi connectivity index (χ0v) is 18.0. The lowest BCUT2D eigenvalue weighted by atomic mass is 9.95. The highest BCUT2D eigenvalue weighted by Gasteiger charge is 2.27. The van der Waals surface area contributed by atoms with Gasteiger partial charge >= 0.3 is 5.97 Å². The van der Waals surface area contributed by atoms with E-state index in [1.807, 2.05) is 0 Å². The Balaban J connectivity index is 1.48. The highest BCUT2D eigenvalue weighted by molar-refractivity contribution is 7.17. The summed E-state index contributed by atoms with van der Waals surface area (Å²) in [6, 6.07) is 7.90. The highest BCUT2D eigenvalue weighted by atomic mass is 32.1. The second-order valence-electron chi connectivity index (χ2n) is 6.90. The van der Waals surface area contributed by atoms with Gasteiger partial charge < -0.3 is 14.8 Å². The van der Waals surface area contributed by atoms with Crippen LogP contribution in [0.1, 0.15) is 48.9 Å². The normalized spacial score (nSPS) is 12.9. The Morgan fingerprint density at radius 1 is 1.20 bits per heavy atom. The Labute approximate surface area is 181 Å². The van der Waals surface area contributed by atoms with Gasteiger partial charge in [0.25, 0.3) is 5.91 Å². The number of nitrogens with one attached hydrogen (secondary N) is 1. The second kappa shape index (κ2) is 8.97. The average Bonchev–Trinajstić information content (AvgIpc) is 3.37. The Morgan fingerprint density at radius 2 is 2.00 bits per heavy atom. The maximum atomic E-state index is 13.7. The smallest absolute Gasteiger partial charge is 0.341 e. The predicted octanol–water partition coefficient (Wildman–Crippen LogP) is 5.45. The first-order valence-corrected chi connectivity index (χ1v) is 11.3. The molecule has 0 radical (unpaired) electrons. The maximum Gasteiger partial charge on any atom is 0.341 e. The first-order chi connectivity index (χ1) is 14.6. The summed E-state index contributed by atoms with van der Waals surface area (Å²) < 4.78 is 24.1. The van der Waals surface area contributed by atoms with E-state index in [4.69, 9.17) is 9.47 Å². The summed E-state index contributed by atoms with van der Waals surface area (Å²) in [6.45, 7) is 0.158. The summed E-state index contributed by atoms with van der Waals surface area (Å²) in [4.78, 5) is 26.7. The number of anilines is 1. The van der Waals surface area contributed by atoms with Crippen molar-refractivity contribution in [3.8, 4) is 5.75 Å². The van der Waals surface area contributed by atoms with Gasteiger partial charge in [0.05, 0.1) is 17.6 Å². The number of ether oxygens (including phenoxy) is 2. The lowest BCUT2D eigenvalue weighted by Crippen LogP contribution is -2.14. The van der Waals surface area contributed by atoms with Crippen molar-refractivity contribution in [2.24, 2.45) is 0 Å². The molecule has 1 N–H and O–H groups in total. The summed E-state index contributed by atoms with van der Waals surface area (Å²) in [5.41, 5.74) is 2.25. The van der Waals surface area contributed by atoms with Gasteiger partial charge in [-0.2, -0.15) is 0 Å². The monoisotopic (exact) mass is 445 g/mol. The van der Waals surface area contributed by atoms with E-state index >= 15 is 0 Å².